The molecule has 2 N–H and O–H groups in total. The average Bonchev–Trinajstić information content (AvgIpc) is 2.60. The smallest absolute Gasteiger partial charge is 0.254 e. The van der Waals surface area contributed by atoms with Gasteiger partial charge in [-0.1, -0.05) is 45.7 Å². The summed E-state index contributed by atoms with van der Waals surface area (Å²) in [6.07, 6.45) is 0.340. The summed E-state index contributed by atoms with van der Waals surface area (Å²) in [7, 11) is 0. The van der Waals surface area contributed by atoms with Crippen molar-refractivity contribution in [1.29, 1.82) is 0 Å². The van der Waals surface area contributed by atoms with Gasteiger partial charge in [0.15, 0.2) is 0 Å². The van der Waals surface area contributed by atoms with E-state index in [1.54, 1.807) is 24.3 Å². The number of carbonyl (C=O) groups excluding carboxylic acids is 2. The lowest BCUT2D eigenvalue weighted by atomic mass is 10.1. The molecule has 3 rings (SSSR count). The van der Waals surface area contributed by atoms with E-state index in [-0.39, 0.29) is 11.8 Å². The van der Waals surface area contributed by atoms with Gasteiger partial charge in [-0.05, 0) is 29.8 Å². The average molecular weight is 380 g/mol. The number of carbonyl (C=O) groups is 2. The molecule has 6 heteroatoms. The Labute approximate surface area is 141 Å². The van der Waals surface area contributed by atoms with Crippen LogP contribution in [0, 0.1) is 0 Å². The number of rotatable bonds is 2. The second-order valence-electron chi connectivity index (χ2n) is 5.00. The maximum Gasteiger partial charge on any atom is 0.254 e. The molecule has 4 nitrogen and oxygen atoms in total. The van der Waals surface area contributed by atoms with Crippen molar-refractivity contribution < 1.29 is 9.59 Å². The molecule has 1 atom stereocenters. The first kappa shape index (κ1) is 15.1. The summed E-state index contributed by atoms with van der Waals surface area (Å²) in [5.74, 6) is -0.541. The van der Waals surface area contributed by atoms with Gasteiger partial charge in [0, 0.05) is 15.9 Å². The fourth-order valence-corrected chi connectivity index (χ4v) is 2.94. The number of hydrogen-bond acceptors (Lipinski definition) is 2. The Kier molecular flexibility index (Phi) is 4.18. The molecule has 0 saturated heterocycles. The van der Waals surface area contributed by atoms with E-state index in [1.165, 1.54) is 0 Å². The van der Waals surface area contributed by atoms with E-state index in [4.69, 9.17) is 11.6 Å². The topological polar surface area (TPSA) is 58.2 Å². The van der Waals surface area contributed by atoms with Crippen LogP contribution < -0.4 is 10.6 Å². The van der Waals surface area contributed by atoms with Crippen LogP contribution in [-0.4, -0.2) is 17.9 Å². The lowest BCUT2D eigenvalue weighted by Crippen LogP contribution is -2.42. The van der Waals surface area contributed by atoms with Crippen LogP contribution in [0.2, 0.25) is 5.02 Å². The van der Waals surface area contributed by atoms with Crippen molar-refractivity contribution in [2.45, 2.75) is 12.5 Å². The van der Waals surface area contributed by atoms with Gasteiger partial charge in [-0.25, -0.2) is 0 Å². The number of anilines is 1. The largest absolute Gasteiger partial charge is 0.340 e. The molecule has 0 spiro atoms. The highest BCUT2D eigenvalue weighted by Gasteiger charge is 2.28. The SMILES string of the molecule is O=C1NC(Cc2ccccc2Cl)C(=O)Nc2ccc(Br)cc21. The van der Waals surface area contributed by atoms with Crippen LogP contribution in [0.15, 0.2) is 46.9 Å². The van der Waals surface area contributed by atoms with E-state index in [2.05, 4.69) is 26.6 Å². The third-order valence-electron chi connectivity index (χ3n) is 3.49. The van der Waals surface area contributed by atoms with Gasteiger partial charge in [-0.15, -0.1) is 0 Å². The lowest BCUT2D eigenvalue weighted by molar-refractivity contribution is -0.117. The standard InChI is InChI=1S/C16H12BrClN2O2/c17-10-5-6-13-11(8-10)15(21)20-14(16(22)19-13)7-9-3-1-2-4-12(9)18/h1-6,8,14H,7H2,(H,19,22)(H,20,21). The molecule has 22 heavy (non-hydrogen) atoms. The maximum atomic E-state index is 12.3. The van der Waals surface area contributed by atoms with Gasteiger partial charge in [0.05, 0.1) is 11.3 Å². The summed E-state index contributed by atoms with van der Waals surface area (Å²) in [5, 5.41) is 6.12. The van der Waals surface area contributed by atoms with Crippen molar-refractivity contribution in [3.63, 3.8) is 0 Å². The summed E-state index contributed by atoms with van der Waals surface area (Å²) in [6.45, 7) is 0. The minimum atomic E-state index is -0.668. The summed E-state index contributed by atoms with van der Waals surface area (Å²) in [6, 6.07) is 11.8. The molecule has 1 unspecified atom stereocenters. The molecule has 112 valence electrons. The summed E-state index contributed by atoms with van der Waals surface area (Å²) in [5.41, 5.74) is 1.76. The van der Waals surface area contributed by atoms with Crippen LogP contribution in [0.5, 0.6) is 0 Å². The van der Waals surface area contributed by atoms with E-state index in [0.717, 1.165) is 10.0 Å². The van der Waals surface area contributed by atoms with Gasteiger partial charge >= 0.3 is 0 Å². The predicted octanol–water partition coefficient (Wildman–Crippen LogP) is 3.40. The van der Waals surface area contributed by atoms with Gasteiger partial charge in [0.25, 0.3) is 5.91 Å². The zero-order chi connectivity index (χ0) is 15.7. The molecule has 0 fully saturated rings. The first-order valence-electron chi connectivity index (χ1n) is 6.69. The molecule has 1 heterocycles. The maximum absolute atomic E-state index is 12.3. The zero-order valence-corrected chi connectivity index (χ0v) is 13.7. The van der Waals surface area contributed by atoms with E-state index in [0.29, 0.717) is 22.7 Å². The van der Waals surface area contributed by atoms with Crippen molar-refractivity contribution >= 4 is 45.0 Å². The second kappa shape index (κ2) is 6.10. The monoisotopic (exact) mass is 378 g/mol. The minimum Gasteiger partial charge on any atom is -0.340 e. The molecule has 0 aliphatic carbocycles. The summed E-state index contributed by atoms with van der Waals surface area (Å²) < 4.78 is 0.778. The number of nitrogens with one attached hydrogen (secondary N) is 2. The quantitative estimate of drug-likeness (QED) is 0.840. The molecule has 2 aromatic rings. The number of halogens is 2. The molecule has 2 amide bonds. The van der Waals surface area contributed by atoms with Crippen molar-refractivity contribution in [2.75, 3.05) is 5.32 Å². The Morgan fingerprint density at radius 1 is 1.14 bits per heavy atom. The zero-order valence-electron chi connectivity index (χ0n) is 11.4. The molecule has 1 aliphatic heterocycles. The van der Waals surface area contributed by atoms with Gasteiger partial charge in [-0.2, -0.15) is 0 Å². The minimum absolute atomic E-state index is 0.255. The van der Waals surface area contributed by atoms with Crippen molar-refractivity contribution in [3.05, 3.63) is 63.1 Å². The van der Waals surface area contributed by atoms with E-state index >= 15 is 0 Å². The fourth-order valence-electron chi connectivity index (χ4n) is 2.36. The Morgan fingerprint density at radius 3 is 2.68 bits per heavy atom. The van der Waals surface area contributed by atoms with Crippen molar-refractivity contribution in [2.24, 2.45) is 0 Å². The number of fused-ring (bicyclic) bond motifs is 1. The highest BCUT2D eigenvalue weighted by Crippen LogP contribution is 2.24. The molecular formula is C16H12BrClN2O2. The number of hydrogen-bond donors (Lipinski definition) is 2. The van der Waals surface area contributed by atoms with Gasteiger partial charge in [0.2, 0.25) is 5.91 Å². The predicted molar refractivity (Wildman–Crippen MR) is 89.2 cm³/mol. The Bertz CT molecular complexity index is 764. The van der Waals surface area contributed by atoms with E-state index in [9.17, 15) is 9.59 Å². The van der Waals surface area contributed by atoms with Gasteiger partial charge in [-0.3, -0.25) is 9.59 Å². The molecule has 1 aliphatic rings. The van der Waals surface area contributed by atoms with Gasteiger partial charge in [0.1, 0.15) is 6.04 Å². The third-order valence-corrected chi connectivity index (χ3v) is 4.35. The molecule has 0 saturated carbocycles. The first-order valence-corrected chi connectivity index (χ1v) is 7.86. The summed E-state index contributed by atoms with van der Waals surface area (Å²) in [4.78, 5) is 24.7. The normalized spacial score (nSPS) is 17.3. The van der Waals surface area contributed by atoms with Crippen LogP contribution in [0.1, 0.15) is 15.9 Å². The second-order valence-corrected chi connectivity index (χ2v) is 6.32. The van der Waals surface area contributed by atoms with Crippen LogP contribution in [-0.2, 0) is 11.2 Å². The Hall–Kier alpha value is -1.85. The molecule has 0 bridgehead atoms. The van der Waals surface area contributed by atoms with Gasteiger partial charge < -0.3 is 10.6 Å². The highest BCUT2D eigenvalue weighted by molar-refractivity contribution is 9.10. The molecule has 2 aromatic carbocycles. The number of benzene rings is 2. The molecule has 0 radical (unpaired) electrons. The third kappa shape index (κ3) is 3.00. The van der Waals surface area contributed by atoms with E-state index < -0.39 is 6.04 Å². The summed E-state index contributed by atoms with van der Waals surface area (Å²) >= 11 is 9.45. The van der Waals surface area contributed by atoms with Crippen molar-refractivity contribution in [3.8, 4) is 0 Å². The van der Waals surface area contributed by atoms with Crippen LogP contribution in [0.25, 0.3) is 0 Å². The van der Waals surface area contributed by atoms with Crippen molar-refractivity contribution in [1.82, 2.24) is 5.32 Å². The molecular weight excluding hydrogens is 368 g/mol. The van der Waals surface area contributed by atoms with Crippen LogP contribution >= 0.6 is 27.5 Å². The van der Waals surface area contributed by atoms with E-state index in [1.807, 2.05) is 18.2 Å². The molecule has 0 aromatic heterocycles. The highest BCUT2D eigenvalue weighted by atomic mass is 79.9. The van der Waals surface area contributed by atoms with Crippen LogP contribution in [0.4, 0.5) is 5.69 Å². The lowest BCUT2D eigenvalue weighted by Gasteiger charge is -2.15. The number of amides is 2. The Balaban J connectivity index is 1.89. The first-order chi connectivity index (χ1) is 10.5. The fraction of sp³-hybridized carbons (Fsp3) is 0.125. The van der Waals surface area contributed by atoms with Crippen LogP contribution in [0.3, 0.4) is 0 Å². The Morgan fingerprint density at radius 2 is 1.91 bits per heavy atom.